The van der Waals surface area contributed by atoms with Crippen LogP contribution in [0.4, 0.5) is 0 Å². The number of hydrogen-bond acceptors (Lipinski definition) is 7. The van der Waals surface area contributed by atoms with Crippen molar-refractivity contribution in [2.75, 3.05) is 7.11 Å². The lowest BCUT2D eigenvalue weighted by Crippen LogP contribution is -2.27. The number of nitrogens with one attached hydrogen (secondary N) is 2. The van der Waals surface area contributed by atoms with Crippen molar-refractivity contribution in [3.8, 4) is 17.1 Å². The molecular weight excluding hydrogens is 422 g/mol. The molecule has 12 heteroatoms. The first kappa shape index (κ1) is 20.2. The van der Waals surface area contributed by atoms with Gasteiger partial charge >= 0.3 is 0 Å². The Labute approximate surface area is 170 Å². The Hall–Kier alpha value is -2.54. The van der Waals surface area contributed by atoms with E-state index >= 15 is 0 Å². The Kier molecular flexibility index (Phi) is 5.93. The van der Waals surface area contributed by atoms with Crippen LogP contribution >= 0.6 is 23.6 Å². The predicted molar refractivity (Wildman–Crippen MR) is 107 cm³/mol. The van der Waals surface area contributed by atoms with Crippen LogP contribution in [0.1, 0.15) is 4.88 Å². The highest BCUT2D eigenvalue weighted by molar-refractivity contribution is 7.91. The monoisotopic (exact) mass is 439 g/mol. The highest BCUT2D eigenvalue weighted by Gasteiger charge is 2.14. The highest BCUT2D eigenvalue weighted by atomic mass is 32.2. The molecule has 2 aromatic heterocycles. The number of H-pyrrole nitrogens is 1. The summed E-state index contributed by atoms with van der Waals surface area (Å²) < 4.78 is 29.7. The first-order chi connectivity index (χ1) is 13.3. The summed E-state index contributed by atoms with van der Waals surface area (Å²) in [6.07, 6.45) is 0. The van der Waals surface area contributed by atoms with E-state index in [0.717, 1.165) is 16.9 Å². The number of nitrogens with zero attached hydrogens (tertiary/aromatic N) is 2. The van der Waals surface area contributed by atoms with Gasteiger partial charge in [0.15, 0.2) is 10.6 Å². The van der Waals surface area contributed by atoms with Gasteiger partial charge in [0.25, 0.3) is 0 Å². The Morgan fingerprint density at radius 3 is 2.64 bits per heavy atom. The molecule has 4 N–H and O–H groups in total. The van der Waals surface area contributed by atoms with Gasteiger partial charge in [-0.1, -0.05) is 0 Å². The third-order valence-electron chi connectivity index (χ3n) is 3.79. The molecule has 0 saturated heterocycles. The molecule has 0 unspecified atom stereocenters. The van der Waals surface area contributed by atoms with Gasteiger partial charge in [0.2, 0.25) is 15.9 Å². The number of amides is 1. The van der Waals surface area contributed by atoms with Gasteiger partial charge < -0.3 is 10.1 Å². The number of thiophene rings is 1. The van der Waals surface area contributed by atoms with Crippen LogP contribution in [0.2, 0.25) is 0 Å². The van der Waals surface area contributed by atoms with Gasteiger partial charge in [0.05, 0.1) is 13.7 Å². The molecule has 0 atom stereocenters. The molecule has 0 spiro atoms. The summed E-state index contributed by atoms with van der Waals surface area (Å²) >= 11 is 6.23. The van der Waals surface area contributed by atoms with Gasteiger partial charge in [-0.15, -0.1) is 11.3 Å². The van der Waals surface area contributed by atoms with Crippen molar-refractivity contribution in [2.24, 2.45) is 5.14 Å². The minimum atomic E-state index is -3.74. The van der Waals surface area contributed by atoms with Crippen molar-refractivity contribution in [3.05, 3.63) is 46.0 Å². The van der Waals surface area contributed by atoms with E-state index in [2.05, 4.69) is 15.5 Å². The van der Waals surface area contributed by atoms with Crippen LogP contribution in [0.15, 0.2) is 40.6 Å². The molecule has 3 aromatic rings. The molecule has 2 heterocycles. The van der Waals surface area contributed by atoms with E-state index in [1.54, 1.807) is 29.9 Å². The molecule has 3 rings (SSSR count). The smallest absolute Gasteiger partial charge is 0.247 e. The fourth-order valence-electron chi connectivity index (χ4n) is 2.42. The summed E-state index contributed by atoms with van der Waals surface area (Å²) in [6, 6.07) is 10.2. The molecule has 0 fully saturated rings. The quantitative estimate of drug-likeness (QED) is 0.480. The Balaban J connectivity index is 1.69. The van der Waals surface area contributed by atoms with Crippen molar-refractivity contribution in [3.63, 3.8) is 0 Å². The zero-order chi connectivity index (χ0) is 20.3. The van der Waals surface area contributed by atoms with Crippen LogP contribution in [-0.2, 0) is 27.9 Å². The number of primary sulfonamides is 1. The molecule has 0 aliphatic heterocycles. The third-order valence-corrected chi connectivity index (χ3v) is 6.62. The van der Waals surface area contributed by atoms with E-state index in [1.807, 2.05) is 12.1 Å². The van der Waals surface area contributed by atoms with Crippen molar-refractivity contribution < 1.29 is 17.9 Å². The van der Waals surface area contributed by atoms with Crippen LogP contribution in [-0.4, -0.2) is 36.2 Å². The van der Waals surface area contributed by atoms with Gasteiger partial charge in [-0.3, -0.25) is 14.5 Å². The number of nitrogens with two attached hydrogens (primary N) is 1. The number of carbonyl (C=O) groups is 1. The fourth-order valence-corrected chi connectivity index (χ4v) is 4.33. The lowest BCUT2D eigenvalue weighted by Gasteiger charge is -2.08. The van der Waals surface area contributed by atoms with Gasteiger partial charge in [-0.05, 0) is 48.6 Å². The van der Waals surface area contributed by atoms with E-state index < -0.39 is 10.0 Å². The van der Waals surface area contributed by atoms with Crippen LogP contribution < -0.4 is 15.2 Å². The van der Waals surface area contributed by atoms with Crippen LogP contribution in [0.5, 0.6) is 5.75 Å². The first-order valence-corrected chi connectivity index (χ1v) is 10.7. The van der Waals surface area contributed by atoms with Crippen molar-refractivity contribution in [1.82, 2.24) is 20.1 Å². The van der Waals surface area contributed by atoms with Crippen molar-refractivity contribution in [2.45, 2.75) is 17.3 Å². The highest BCUT2D eigenvalue weighted by Crippen LogP contribution is 2.21. The minimum absolute atomic E-state index is 0.0376. The summed E-state index contributed by atoms with van der Waals surface area (Å²) in [6.45, 7) is 0.145. The average molecular weight is 440 g/mol. The second-order valence-corrected chi connectivity index (χ2v) is 9.05. The number of sulfonamides is 1. The van der Waals surface area contributed by atoms with E-state index in [0.29, 0.717) is 21.2 Å². The molecule has 0 radical (unpaired) electrons. The van der Waals surface area contributed by atoms with Crippen molar-refractivity contribution >= 4 is 39.5 Å². The molecule has 1 aromatic carbocycles. The number of ether oxygens (including phenoxy) is 1. The SMILES string of the molecule is COc1ccc(-c2n[nH]c(=S)n2CC(=O)NCc2ccc(S(N)(=O)=O)s2)cc1. The average Bonchev–Trinajstić information content (AvgIpc) is 3.28. The number of rotatable bonds is 7. The molecular formula is C16H17N5O4S3. The first-order valence-electron chi connectivity index (χ1n) is 7.96. The van der Waals surface area contributed by atoms with Gasteiger partial charge in [-0.2, -0.15) is 5.10 Å². The van der Waals surface area contributed by atoms with Crippen LogP contribution in [0.3, 0.4) is 0 Å². The standard InChI is InChI=1S/C16H17N5O4S3/c1-25-11-4-2-10(3-5-11)15-19-20-16(26)21(15)9-13(22)18-8-12-6-7-14(27-12)28(17,23)24/h2-7H,8-9H2,1H3,(H,18,22)(H,20,26)(H2,17,23,24). The summed E-state index contributed by atoms with van der Waals surface area (Å²) in [5, 5.41) is 14.7. The maximum absolute atomic E-state index is 12.3. The fraction of sp³-hybridized carbons (Fsp3) is 0.188. The number of benzene rings is 1. The predicted octanol–water partition coefficient (Wildman–Crippen LogP) is 1.64. The minimum Gasteiger partial charge on any atom is -0.497 e. The lowest BCUT2D eigenvalue weighted by atomic mass is 10.2. The van der Waals surface area contributed by atoms with E-state index in [4.69, 9.17) is 22.1 Å². The van der Waals surface area contributed by atoms with Gasteiger partial charge in [0, 0.05) is 10.4 Å². The number of aromatic amines is 1. The summed E-state index contributed by atoms with van der Waals surface area (Å²) in [7, 11) is -2.16. The molecule has 0 aliphatic rings. The molecule has 1 amide bonds. The molecule has 148 valence electrons. The maximum Gasteiger partial charge on any atom is 0.247 e. The number of aromatic nitrogens is 3. The Morgan fingerprint density at radius 2 is 2.04 bits per heavy atom. The summed E-state index contributed by atoms with van der Waals surface area (Å²) in [5.74, 6) is 0.935. The van der Waals surface area contributed by atoms with E-state index in [9.17, 15) is 13.2 Å². The number of carbonyl (C=O) groups excluding carboxylic acids is 1. The van der Waals surface area contributed by atoms with Crippen molar-refractivity contribution in [1.29, 1.82) is 0 Å². The maximum atomic E-state index is 12.3. The van der Waals surface area contributed by atoms with E-state index in [-0.39, 0.29) is 23.2 Å². The third kappa shape index (κ3) is 4.65. The van der Waals surface area contributed by atoms with E-state index in [1.165, 1.54) is 6.07 Å². The summed E-state index contributed by atoms with van der Waals surface area (Å²) in [5.41, 5.74) is 0.775. The molecule has 28 heavy (non-hydrogen) atoms. The number of methoxy groups -OCH3 is 1. The zero-order valence-electron chi connectivity index (χ0n) is 14.7. The molecule has 0 bridgehead atoms. The van der Waals surface area contributed by atoms with Crippen LogP contribution in [0.25, 0.3) is 11.4 Å². The molecule has 9 nitrogen and oxygen atoms in total. The molecule has 0 aliphatic carbocycles. The van der Waals surface area contributed by atoms with Gasteiger partial charge in [0.1, 0.15) is 16.5 Å². The second kappa shape index (κ2) is 8.22. The molecule has 0 saturated carbocycles. The Bertz CT molecular complexity index is 1150. The van der Waals surface area contributed by atoms with Gasteiger partial charge in [-0.25, -0.2) is 13.6 Å². The second-order valence-electron chi connectivity index (χ2n) is 5.71. The van der Waals surface area contributed by atoms with Crippen LogP contribution in [0, 0.1) is 4.77 Å². The normalized spacial score (nSPS) is 11.4. The summed E-state index contributed by atoms with van der Waals surface area (Å²) in [4.78, 5) is 13.0. The number of hydrogen-bond donors (Lipinski definition) is 3. The topological polar surface area (TPSA) is 132 Å². The largest absolute Gasteiger partial charge is 0.497 e. The Morgan fingerprint density at radius 1 is 1.32 bits per heavy atom. The zero-order valence-corrected chi connectivity index (χ0v) is 17.2. The lowest BCUT2D eigenvalue weighted by molar-refractivity contribution is -0.121.